The summed E-state index contributed by atoms with van der Waals surface area (Å²) < 4.78 is 28.5. The zero-order valence-corrected chi connectivity index (χ0v) is 27.0. The van der Waals surface area contributed by atoms with E-state index in [1.165, 1.54) is 23.5 Å². The third kappa shape index (κ3) is 7.14. The monoisotopic (exact) mass is 674 g/mol. The number of piperazine rings is 1. The number of hydrogen-bond donors (Lipinski definition) is 2. The first-order valence-corrected chi connectivity index (χ1v) is 17.4. The van der Waals surface area contributed by atoms with Gasteiger partial charge in [0.1, 0.15) is 18.0 Å². The van der Waals surface area contributed by atoms with E-state index in [-0.39, 0.29) is 49.5 Å². The lowest BCUT2D eigenvalue weighted by atomic mass is 9.94. The van der Waals surface area contributed by atoms with E-state index in [1.807, 2.05) is 48.5 Å². The minimum Gasteiger partial charge on any atom is -0.371 e. The number of carbonyl (C=O) groups excluding carboxylic acids is 3. The van der Waals surface area contributed by atoms with Crippen molar-refractivity contribution in [3.05, 3.63) is 108 Å². The van der Waals surface area contributed by atoms with Crippen molar-refractivity contribution in [2.45, 2.75) is 50.6 Å². The Bertz CT molecular complexity index is 1900. The number of benzene rings is 3. The molecule has 2 fully saturated rings. The first kappa shape index (κ1) is 32.2. The Morgan fingerprint density at radius 3 is 2.55 bits per heavy atom. The highest BCUT2D eigenvalue weighted by Crippen LogP contribution is 2.33. The molecule has 0 aliphatic carbocycles. The van der Waals surface area contributed by atoms with E-state index in [2.05, 4.69) is 16.9 Å². The normalized spacial score (nSPS) is 19.9. The first-order chi connectivity index (χ1) is 22.6. The smallest absolute Gasteiger partial charge is 0.371 e. The molecule has 3 heterocycles. The Labute approximate surface area is 276 Å². The van der Waals surface area contributed by atoms with E-state index in [1.54, 1.807) is 38.4 Å². The van der Waals surface area contributed by atoms with Crippen molar-refractivity contribution in [1.29, 1.82) is 0 Å². The molecule has 0 saturated carbocycles. The Hall–Kier alpha value is -4.79. The third-order valence-electron chi connectivity index (χ3n) is 8.38. The summed E-state index contributed by atoms with van der Waals surface area (Å²) in [6.45, 7) is 4.51. The van der Waals surface area contributed by atoms with Gasteiger partial charge in [-0.25, -0.2) is 9.78 Å². The summed E-state index contributed by atoms with van der Waals surface area (Å²) in [6, 6.07) is 19.7. The second-order valence-corrected chi connectivity index (χ2v) is 13.5. The van der Waals surface area contributed by atoms with E-state index >= 15 is 0 Å². The van der Waals surface area contributed by atoms with Crippen LogP contribution in [0.5, 0.6) is 5.75 Å². The molecule has 47 heavy (non-hydrogen) atoms. The number of fused-ring (bicyclic) bond motifs is 2. The topological polar surface area (TPSA) is 155 Å². The highest BCUT2D eigenvalue weighted by Gasteiger charge is 2.51. The number of aromatic nitrogens is 1. The molecule has 0 spiro atoms. The van der Waals surface area contributed by atoms with Crippen LogP contribution in [0.15, 0.2) is 91.0 Å². The highest BCUT2D eigenvalue weighted by molar-refractivity contribution is 7.84. The molecule has 1 aromatic heterocycles. The summed E-state index contributed by atoms with van der Waals surface area (Å²) in [4.78, 5) is 51.6. The van der Waals surface area contributed by atoms with Gasteiger partial charge in [0.15, 0.2) is 0 Å². The number of carbonyl (C=O) groups is 3. The fourth-order valence-corrected chi connectivity index (χ4v) is 7.43. The molecule has 0 bridgehead atoms. The van der Waals surface area contributed by atoms with E-state index < -0.39 is 28.6 Å². The van der Waals surface area contributed by atoms with Gasteiger partial charge in [-0.1, -0.05) is 60.7 Å². The van der Waals surface area contributed by atoms with Crippen molar-refractivity contribution < 1.29 is 27.0 Å². The van der Waals surface area contributed by atoms with Gasteiger partial charge in [0.05, 0.1) is 22.3 Å². The predicted molar refractivity (Wildman–Crippen MR) is 177 cm³/mol. The molecule has 0 unspecified atom stereocenters. The minimum atomic E-state index is -4.21. The number of nitrogens with zero attached hydrogens (tertiary/aromatic N) is 4. The van der Waals surface area contributed by atoms with Crippen LogP contribution in [0.4, 0.5) is 4.79 Å². The number of para-hydroxylation sites is 1. The zero-order valence-electron chi connectivity index (χ0n) is 25.4. The van der Waals surface area contributed by atoms with Crippen molar-refractivity contribution in [2.24, 2.45) is 5.14 Å². The van der Waals surface area contributed by atoms with Gasteiger partial charge in [-0.3, -0.25) is 14.5 Å². The number of nitrogens with one attached hydrogen (secondary N) is 1. The molecule has 12 nitrogen and oxygen atoms in total. The van der Waals surface area contributed by atoms with Gasteiger partial charge in [0.25, 0.3) is 0 Å². The summed E-state index contributed by atoms with van der Waals surface area (Å²) in [7, 11) is -4.21. The van der Waals surface area contributed by atoms with Crippen molar-refractivity contribution in [3.63, 3.8) is 0 Å². The molecular formula is C33H34N6O6S2. The molecule has 2 saturated heterocycles. The molecule has 2 aliphatic rings. The number of amides is 4. The Morgan fingerprint density at radius 1 is 1.06 bits per heavy atom. The van der Waals surface area contributed by atoms with Gasteiger partial charge in [-0.15, -0.1) is 17.9 Å². The lowest BCUT2D eigenvalue weighted by Crippen LogP contribution is -2.74. The summed E-state index contributed by atoms with van der Waals surface area (Å²) in [6.07, 6.45) is 1.50. The van der Waals surface area contributed by atoms with Crippen molar-refractivity contribution in [3.8, 4) is 5.75 Å². The summed E-state index contributed by atoms with van der Waals surface area (Å²) in [5.41, 5.74) is 5.01. The van der Waals surface area contributed by atoms with Gasteiger partial charge < -0.3 is 19.3 Å². The molecule has 4 amide bonds. The average molecular weight is 675 g/mol. The molecule has 244 valence electrons. The second kappa shape index (κ2) is 13.5. The van der Waals surface area contributed by atoms with Crippen LogP contribution in [-0.2, 0) is 39.4 Å². The maximum absolute atomic E-state index is 14.3. The van der Waals surface area contributed by atoms with E-state index in [4.69, 9.17) is 9.32 Å². The summed E-state index contributed by atoms with van der Waals surface area (Å²) >= 11 is 1.51. The van der Waals surface area contributed by atoms with E-state index in [9.17, 15) is 22.8 Å². The molecule has 2 aliphatic heterocycles. The molecule has 0 radical (unpaired) electrons. The molecule has 3 atom stereocenters. The van der Waals surface area contributed by atoms with Crippen LogP contribution in [0.1, 0.15) is 29.5 Å². The lowest BCUT2D eigenvalue weighted by Gasteiger charge is -2.54. The van der Waals surface area contributed by atoms with Gasteiger partial charge in [-0.2, -0.15) is 13.6 Å². The molecule has 4 aromatic rings. The predicted octanol–water partition coefficient (Wildman–Crippen LogP) is 3.55. The number of rotatable bonds is 10. The Kier molecular flexibility index (Phi) is 9.25. The van der Waals surface area contributed by atoms with Crippen LogP contribution in [0, 0.1) is 0 Å². The van der Waals surface area contributed by atoms with Crippen LogP contribution in [0.2, 0.25) is 0 Å². The lowest BCUT2D eigenvalue weighted by molar-refractivity contribution is -0.170. The number of nitrogens with two attached hydrogens (primary N) is 1. The van der Waals surface area contributed by atoms with E-state index in [0.717, 1.165) is 21.3 Å². The second-order valence-electron chi connectivity index (χ2n) is 11.5. The zero-order chi connectivity index (χ0) is 33.1. The summed E-state index contributed by atoms with van der Waals surface area (Å²) in [5, 5.41) is 8.02. The first-order valence-electron chi connectivity index (χ1n) is 15.0. The SMILES string of the molecule is C=CC[C@@H]1CC(=O)N2[C@H](CN(Cc3cccc4scnc34)C(=O)[C@@H]2Cc2ccc(OS(N)(=O)=O)cc2)N1C(=O)NCc1ccccc1. The van der Waals surface area contributed by atoms with E-state index in [0.29, 0.717) is 18.5 Å². The van der Waals surface area contributed by atoms with Crippen LogP contribution >= 0.6 is 11.3 Å². The molecule has 14 heteroatoms. The summed E-state index contributed by atoms with van der Waals surface area (Å²) in [5.74, 6) is -0.481. The standard InChI is InChI=1S/C33H34N6O6S2/c1-2-7-25-17-30(40)39-27(16-22-12-14-26(15-13-22)45-47(34,43)44)32(41)37(19-24-10-6-11-28-31(24)36-21-46-28)20-29(39)38(25)33(42)35-18-23-8-4-3-5-9-23/h2-6,8-15,21,25,27,29H,1,7,16-20H2,(H,35,42)(H2,34,43,44)/t25-,27+,29-/m1/s1. The highest BCUT2D eigenvalue weighted by atomic mass is 32.2. The molecule has 3 N–H and O–H groups in total. The maximum atomic E-state index is 14.3. The fourth-order valence-electron chi connectivity index (χ4n) is 6.32. The fraction of sp³-hybridized carbons (Fsp3) is 0.273. The number of thiazole rings is 1. The maximum Gasteiger partial charge on any atom is 0.380 e. The third-order valence-corrected chi connectivity index (χ3v) is 9.60. The van der Waals surface area contributed by atoms with Crippen molar-refractivity contribution in [1.82, 2.24) is 25.0 Å². The average Bonchev–Trinajstić information content (AvgIpc) is 3.53. The van der Waals surface area contributed by atoms with Crippen molar-refractivity contribution >= 4 is 49.7 Å². The van der Waals surface area contributed by atoms with Gasteiger partial charge in [-0.05, 0) is 41.3 Å². The van der Waals surface area contributed by atoms with Gasteiger partial charge in [0.2, 0.25) is 11.8 Å². The van der Waals surface area contributed by atoms with Crippen LogP contribution in [0.3, 0.4) is 0 Å². The Morgan fingerprint density at radius 2 is 1.83 bits per heavy atom. The largest absolute Gasteiger partial charge is 0.380 e. The Balaban J connectivity index is 1.35. The number of urea groups is 1. The van der Waals surface area contributed by atoms with Crippen LogP contribution < -0.4 is 14.6 Å². The minimum absolute atomic E-state index is 0.0182. The van der Waals surface area contributed by atoms with Gasteiger partial charge >= 0.3 is 16.3 Å². The molecule has 3 aromatic carbocycles. The quantitative estimate of drug-likeness (QED) is 0.244. The van der Waals surface area contributed by atoms with Crippen molar-refractivity contribution in [2.75, 3.05) is 6.54 Å². The molecular weight excluding hydrogens is 641 g/mol. The van der Waals surface area contributed by atoms with Crippen LogP contribution in [0.25, 0.3) is 10.2 Å². The molecule has 6 rings (SSSR count). The number of hydrogen-bond acceptors (Lipinski definition) is 8. The van der Waals surface area contributed by atoms with Gasteiger partial charge in [0, 0.05) is 32.0 Å². The van der Waals surface area contributed by atoms with Crippen LogP contribution in [-0.4, -0.2) is 70.7 Å².